The van der Waals surface area contributed by atoms with Crippen molar-refractivity contribution in [3.05, 3.63) is 88.7 Å². The Balaban J connectivity index is 1.79. The van der Waals surface area contributed by atoms with Gasteiger partial charge in [-0.05, 0) is 48.7 Å². The molecule has 1 aromatic heterocycles. The van der Waals surface area contributed by atoms with Gasteiger partial charge >= 0.3 is 0 Å². The summed E-state index contributed by atoms with van der Waals surface area (Å²) in [6, 6.07) is 19.3. The Morgan fingerprint density at radius 1 is 1.00 bits per heavy atom. The van der Waals surface area contributed by atoms with Crippen molar-refractivity contribution in [2.75, 3.05) is 6.61 Å². The van der Waals surface area contributed by atoms with E-state index >= 15 is 0 Å². The van der Waals surface area contributed by atoms with E-state index in [0.717, 1.165) is 16.8 Å². The summed E-state index contributed by atoms with van der Waals surface area (Å²) in [4.78, 5) is 4.32. The fraction of sp³-hybridized carbons (Fsp3) is 0.227. The zero-order valence-electron chi connectivity index (χ0n) is 15.3. The van der Waals surface area contributed by atoms with E-state index in [1.165, 1.54) is 0 Å². The first-order valence-corrected chi connectivity index (χ1v) is 9.33. The van der Waals surface area contributed by atoms with E-state index in [1.807, 2.05) is 67.6 Å². The lowest BCUT2D eigenvalue weighted by Gasteiger charge is -2.17. The van der Waals surface area contributed by atoms with Crippen LogP contribution in [0.3, 0.4) is 0 Å². The molecule has 0 radical (unpaired) electrons. The van der Waals surface area contributed by atoms with Crippen molar-refractivity contribution in [1.82, 2.24) is 4.98 Å². The van der Waals surface area contributed by atoms with E-state index in [9.17, 15) is 0 Å². The maximum absolute atomic E-state index is 6.50. The molecule has 0 amide bonds. The number of rotatable bonds is 8. The van der Waals surface area contributed by atoms with E-state index in [1.54, 1.807) is 6.20 Å². The average Bonchev–Trinajstić information content (AvgIpc) is 2.69. The number of nitrogens with two attached hydrogens (primary N) is 1. The molecule has 1 heterocycles. The van der Waals surface area contributed by atoms with Crippen LogP contribution in [0.15, 0.2) is 66.9 Å². The molecule has 0 aliphatic rings. The second kappa shape index (κ2) is 9.40. The topological polar surface area (TPSA) is 57.4 Å². The predicted molar refractivity (Wildman–Crippen MR) is 108 cm³/mol. The average molecular weight is 383 g/mol. The summed E-state index contributed by atoms with van der Waals surface area (Å²) >= 11 is 6.50. The highest BCUT2D eigenvalue weighted by Gasteiger charge is 2.15. The minimum absolute atomic E-state index is 0.215. The summed E-state index contributed by atoms with van der Waals surface area (Å²) in [5.74, 6) is 1.18. The molecule has 0 spiro atoms. The van der Waals surface area contributed by atoms with Crippen molar-refractivity contribution in [3.8, 4) is 11.5 Å². The third-order valence-electron chi connectivity index (χ3n) is 4.12. The van der Waals surface area contributed by atoms with Gasteiger partial charge in [-0.25, -0.2) is 0 Å². The van der Waals surface area contributed by atoms with Gasteiger partial charge in [0.25, 0.3) is 0 Å². The highest BCUT2D eigenvalue weighted by Crippen LogP contribution is 2.38. The molecule has 3 rings (SSSR count). The second-order valence-electron chi connectivity index (χ2n) is 6.18. The number of hydrogen-bond acceptors (Lipinski definition) is 4. The summed E-state index contributed by atoms with van der Waals surface area (Å²) in [6.45, 7) is 2.88. The summed E-state index contributed by atoms with van der Waals surface area (Å²) in [7, 11) is 0. The monoisotopic (exact) mass is 382 g/mol. The third-order valence-corrected chi connectivity index (χ3v) is 4.40. The summed E-state index contributed by atoms with van der Waals surface area (Å²) in [5.41, 5.74) is 9.19. The van der Waals surface area contributed by atoms with Crippen LogP contribution in [0.25, 0.3) is 0 Å². The van der Waals surface area contributed by atoms with Gasteiger partial charge in [-0.3, -0.25) is 4.98 Å². The van der Waals surface area contributed by atoms with Crippen LogP contribution in [-0.2, 0) is 13.0 Å². The van der Waals surface area contributed by atoms with E-state index < -0.39 is 0 Å². The summed E-state index contributed by atoms with van der Waals surface area (Å²) in [6.07, 6.45) is 2.35. The fourth-order valence-corrected chi connectivity index (χ4v) is 3.11. The number of halogens is 1. The lowest BCUT2D eigenvalue weighted by atomic mass is 10.0. The minimum atomic E-state index is -0.215. The van der Waals surface area contributed by atoms with Crippen LogP contribution in [0.4, 0.5) is 0 Å². The van der Waals surface area contributed by atoms with Crippen LogP contribution in [0.1, 0.15) is 29.8 Å². The number of benzene rings is 2. The maximum atomic E-state index is 6.50. The highest BCUT2D eigenvalue weighted by atomic mass is 35.5. The molecule has 4 nitrogen and oxygen atoms in total. The molecule has 3 aromatic rings. The van der Waals surface area contributed by atoms with Gasteiger partial charge in [0.05, 0.1) is 23.4 Å². The van der Waals surface area contributed by atoms with Crippen LogP contribution in [-0.4, -0.2) is 11.6 Å². The number of hydrogen-bond donors (Lipinski definition) is 1. The van der Waals surface area contributed by atoms with E-state index in [4.69, 9.17) is 26.8 Å². The Kier molecular flexibility index (Phi) is 6.69. The Bertz CT molecular complexity index is 857. The van der Waals surface area contributed by atoms with Crippen molar-refractivity contribution >= 4 is 11.6 Å². The second-order valence-corrected chi connectivity index (χ2v) is 6.58. The molecule has 27 heavy (non-hydrogen) atoms. The van der Waals surface area contributed by atoms with Gasteiger partial charge in [-0.15, -0.1) is 0 Å². The molecule has 1 atom stereocenters. The quantitative estimate of drug-likeness (QED) is 0.598. The Hall–Kier alpha value is -2.56. The lowest BCUT2D eigenvalue weighted by Crippen LogP contribution is -2.15. The highest BCUT2D eigenvalue weighted by molar-refractivity contribution is 6.32. The molecule has 0 bridgehead atoms. The van der Waals surface area contributed by atoms with Crippen molar-refractivity contribution in [3.63, 3.8) is 0 Å². The first-order chi connectivity index (χ1) is 13.2. The Morgan fingerprint density at radius 3 is 2.48 bits per heavy atom. The summed E-state index contributed by atoms with van der Waals surface area (Å²) in [5, 5.41) is 0.514. The van der Waals surface area contributed by atoms with E-state index in [-0.39, 0.29) is 6.04 Å². The summed E-state index contributed by atoms with van der Waals surface area (Å²) < 4.78 is 11.7. The van der Waals surface area contributed by atoms with Crippen LogP contribution >= 0.6 is 11.6 Å². The van der Waals surface area contributed by atoms with Crippen LogP contribution in [0, 0.1) is 0 Å². The molecule has 0 fully saturated rings. The molecule has 1 unspecified atom stereocenters. The zero-order chi connectivity index (χ0) is 19.1. The molecule has 2 N–H and O–H groups in total. The van der Waals surface area contributed by atoms with Crippen LogP contribution in [0.5, 0.6) is 11.5 Å². The molecular weight excluding hydrogens is 360 g/mol. The standard InChI is InChI=1S/C22H23ClN2O2/c1-2-26-21-14-17(13-19(24)20-10-6-7-11-25-20)12-18(23)22(21)27-15-16-8-4-3-5-9-16/h3-12,14,19H,2,13,15,24H2,1H3. The molecule has 0 aliphatic carbocycles. The predicted octanol–water partition coefficient (Wildman–Crippen LogP) is 4.96. The molecular formula is C22H23ClN2O2. The fourth-order valence-electron chi connectivity index (χ4n) is 2.83. The number of ether oxygens (including phenoxy) is 2. The first kappa shape index (κ1) is 19.2. The maximum Gasteiger partial charge on any atom is 0.180 e. The SMILES string of the molecule is CCOc1cc(CC(N)c2ccccn2)cc(Cl)c1OCc1ccccc1. The van der Waals surface area contributed by atoms with Crippen LogP contribution in [0.2, 0.25) is 5.02 Å². The van der Waals surface area contributed by atoms with Crippen LogP contribution < -0.4 is 15.2 Å². The Labute approximate surface area is 164 Å². The molecule has 0 saturated carbocycles. The molecule has 5 heteroatoms. The normalized spacial score (nSPS) is 11.8. The van der Waals surface area contributed by atoms with Gasteiger partial charge in [0.1, 0.15) is 6.61 Å². The number of aromatic nitrogens is 1. The van der Waals surface area contributed by atoms with Gasteiger partial charge in [0.15, 0.2) is 11.5 Å². The zero-order valence-corrected chi connectivity index (χ0v) is 16.0. The minimum Gasteiger partial charge on any atom is -0.490 e. The lowest BCUT2D eigenvalue weighted by molar-refractivity contribution is 0.269. The first-order valence-electron chi connectivity index (χ1n) is 8.95. The van der Waals surface area contributed by atoms with Gasteiger partial charge < -0.3 is 15.2 Å². The van der Waals surface area contributed by atoms with Gasteiger partial charge in [0.2, 0.25) is 0 Å². The van der Waals surface area contributed by atoms with Gasteiger partial charge in [0, 0.05) is 6.20 Å². The van der Waals surface area contributed by atoms with Gasteiger partial charge in [-0.2, -0.15) is 0 Å². The Morgan fingerprint density at radius 2 is 1.78 bits per heavy atom. The molecule has 0 aliphatic heterocycles. The molecule has 140 valence electrons. The van der Waals surface area contributed by atoms with Crippen molar-refractivity contribution in [2.45, 2.75) is 26.0 Å². The van der Waals surface area contributed by atoms with Crippen molar-refractivity contribution in [1.29, 1.82) is 0 Å². The van der Waals surface area contributed by atoms with Crippen molar-refractivity contribution in [2.24, 2.45) is 5.73 Å². The van der Waals surface area contributed by atoms with E-state index in [0.29, 0.717) is 36.2 Å². The third kappa shape index (κ3) is 5.22. The molecule has 2 aromatic carbocycles. The number of pyridine rings is 1. The van der Waals surface area contributed by atoms with Gasteiger partial charge in [-0.1, -0.05) is 48.0 Å². The number of nitrogens with zero attached hydrogens (tertiary/aromatic N) is 1. The smallest absolute Gasteiger partial charge is 0.180 e. The molecule has 0 saturated heterocycles. The van der Waals surface area contributed by atoms with E-state index in [2.05, 4.69) is 4.98 Å². The largest absolute Gasteiger partial charge is 0.490 e. The van der Waals surface area contributed by atoms with Crippen molar-refractivity contribution < 1.29 is 9.47 Å².